The molecule has 0 spiro atoms. The summed E-state index contributed by atoms with van der Waals surface area (Å²) in [6.45, 7) is 1.44. The quantitative estimate of drug-likeness (QED) is 0.853. The lowest BCUT2D eigenvalue weighted by atomic mass is 10.1. The molecule has 1 aliphatic rings. The Morgan fingerprint density at radius 1 is 1.11 bits per heavy atom. The number of nitrogen functional groups attached to an aromatic ring is 1. The monoisotopic (exact) mass is 252 g/mol. The largest absolute Gasteiger partial charge is 0.399 e. The summed E-state index contributed by atoms with van der Waals surface area (Å²) in [5.74, 6) is 0.0956. The van der Waals surface area contributed by atoms with Crippen molar-refractivity contribution in [3.05, 3.63) is 65.2 Å². The van der Waals surface area contributed by atoms with Crippen molar-refractivity contribution in [1.82, 2.24) is 4.90 Å². The second-order valence-electron chi connectivity index (χ2n) is 4.88. The Morgan fingerprint density at radius 2 is 1.89 bits per heavy atom. The maximum atomic E-state index is 12.2. The van der Waals surface area contributed by atoms with E-state index in [0.717, 1.165) is 24.1 Å². The van der Waals surface area contributed by atoms with Gasteiger partial charge in [-0.2, -0.15) is 0 Å². The van der Waals surface area contributed by atoms with E-state index >= 15 is 0 Å². The first kappa shape index (κ1) is 11.8. The molecule has 96 valence electrons. The summed E-state index contributed by atoms with van der Waals surface area (Å²) >= 11 is 0. The van der Waals surface area contributed by atoms with Crippen LogP contribution in [0.25, 0.3) is 0 Å². The molecule has 0 radical (unpaired) electrons. The number of hydrogen-bond acceptors (Lipinski definition) is 2. The number of carbonyl (C=O) groups is 1. The summed E-state index contributed by atoms with van der Waals surface area (Å²) in [6, 6.07) is 15.8. The molecular weight excluding hydrogens is 236 g/mol. The van der Waals surface area contributed by atoms with Crippen LogP contribution in [-0.2, 0) is 13.0 Å². The van der Waals surface area contributed by atoms with E-state index in [1.54, 1.807) is 6.07 Å². The SMILES string of the molecule is Nc1ccc2c(c1)C(=O)N(CCc1ccccc1)C2. The van der Waals surface area contributed by atoms with Gasteiger partial charge in [0, 0.05) is 24.3 Å². The molecule has 3 nitrogen and oxygen atoms in total. The molecule has 3 heteroatoms. The van der Waals surface area contributed by atoms with Crippen LogP contribution in [0.15, 0.2) is 48.5 Å². The molecule has 0 atom stereocenters. The lowest BCUT2D eigenvalue weighted by Gasteiger charge is -2.15. The molecule has 0 aliphatic carbocycles. The van der Waals surface area contributed by atoms with Crippen molar-refractivity contribution in [2.24, 2.45) is 0 Å². The van der Waals surface area contributed by atoms with Gasteiger partial charge in [-0.05, 0) is 29.7 Å². The van der Waals surface area contributed by atoms with E-state index in [0.29, 0.717) is 12.2 Å². The highest BCUT2D eigenvalue weighted by Crippen LogP contribution is 2.24. The van der Waals surface area contributed by atoms with Crippen LogP contribution in [-0.4, -0.2) is 17.4 Å². The molecule has 3 rings (SSSR count). The Kier molecular flexibility index (Phi) is 2.95. The van der Waals surface area contributed by atoms with E-state index < -0.39 is 0 Å². The van der Waals surface area contributed by atoms with Crippen molar-refractivity contribution >= 4 is 11.6 Å². The van der Waals surface area contributed by atoms with Crippen LogP contribution < -0.4 is 5.73 Å². The first-order valence-electron chi connectivity index (χ1n) is 6.45. The third-order valence-corrected chi connectivity index (χ3v) is 3.53. The second kappa shape index (κ2) is 4.76. The van der Waals surface area contributed by atoms with E-state index in [9.17, 15) is 4.79 Å². The van der Waals surface area contributed by atoms with Crippen molar-refractivity contribution in [3.8, 4) is 0 Å². The Morgan fingerprint density at radius 3 is 2.68 bits per heavy atom. The molecule has 0 saturated heterocycles. The van der Waals surface area contributed by atoms with Gasteiger partial charge >= 0.3 is 0 Å². The van der Waals surface area contributed by atoms with Gasteiger partial charge in [-0.25, -0.2) is 0 Å². The Bertz CT molecular complexity index is 607. The number of rotatable bonds is 3. The number of carbonyl (C=O) groups excluding carboxylic acids is 1. The molecule has 2 aromatic carbocycles. The zero-order valence-corrected chi connectivity index (χ0v) is 10.7. The molecule has 19 heavy (non-hydrogen) atoms. The average molecular weight is 252 g/mol. The summed E-state index contributed by atoms with van der Waals surface area (Å²) in [4.78, 5) is 14.1. The summed E-state index contributed by atoms with van der Waals surface area (Å²) < 4.78 is 0. The molecule has 2 N–H and O–H groups in total. The van der Waals surface area contributed by atoms with Gasteiger partial charge in [-0.15, -0.1) is 0 Å². The van der Waals surface area contributed by atoms with Crippen molar-refractivity contribution in [1.29, 1.82) is 0 Å². The maximum absolute atomic E-state index is 12.2. The van der Waals surface area contributed by atoms with Crippen molar-refractivity contribution in [3.63, 3.8) is 0 Å². The molecular formula is C16H16N2O. The molecule has 0 bridgehead atoms. The number of benzene rings is 2. The Balaban J connectivity index is 1.71. The summed E-state index contributed by atoms with van der Waals surface area (Å²) in [6.07, 6.45) is 0.885. The molecule has 0 aromatic heterocycles. The molecule has 1 heterocycles. The second-order valence-corrected chi connectivity index (χ2v) is 4.88. The molecule has 2 aromatic rings. The number of amides is 1. The first-order chi connectivity index (χ1) is 9.24. The van der Waals surface area contributed by atoms with Gasteiger partial charge < -0.3 is 10.6 Å². The standard InChI is InChI=1S/C16H16N2O/c17-14-7-6-13-11-18(16(19)15(13)10-14)9-8-12-4-2-1-3-5-12/h1-7,10H,8-9,11,17H2. The fraction of sp³-hybridized carbons (Fsp3) is 0.188. The predicted molar refractivity (Wildman–Crippen MR) is 75.7 cm³/mol. The van der Waals surface area contributed by atoms with Crippen LogP contribution in [0.4, 0.5) is 5.69 Å². The number of hydrogen-bond donors (Lipinski definition) is 1. The Hall–Kier alpha value is -2.29. The molecule has 0 saturated carbocycles. The van der Waals surface area contributed by atoms with Crippen LogP contribution in [0.2, 0.25) is 0 Å². The molecule has 0 unspecified atom stereocenters. The lowest BCUT2D eigenvalue weighted by Crippen LogP contribution is -2.26. The number of nitrogens with zero attached hydrogens (tertiary/aromatic N) is 1. The molecule has 0 fully saturated rings. The minimum Gasteiger partial charge on any atom is -0.399 e. The fourth-order valence-corrected chi connectivity index (χ4v) is 2.47. The normalized spacial score (nSPS) is 13.7. The number of nitrogens with two attached hydrogens (primary N) is 1. The van der Waals surface area contributed by atoms with E-state index in [4.69, 9.17) is 5.73 Å². The van der Waals surface area contributed by atoms with Gasteiger partial charge in [-0.1, -0.05) is 36.4 Å². The maximum Gasteiger partial charge on any atom is 0.254 e. The summed E-state index contributed by atoms with van der Waals surface area (Å²) in [5.41, 5.74) is 9.47. The third kappa shape index (κ3) is 2.32. The van der Waals surface area contributed by atoms with E-state index in [1.165, 1.54) is 5.56 Å². The van der Waals surface area contributed by atoms with Gasteiger partial charge in [0.25, 0.3) is 5.91 Å². The highest BCUT2D eigenvalue weighted by molar-refractivity contribution is 5.99. The highest BCUT2D eigenvalue weighted by Gasteiger charge is 2.26. The summed E-state index contributed by atoms with van der Waals surface area (Å²) in [7, 11) is 0. The van der Waals surface area contributed by atoms with Crippen molar-refractivity contribution < 1.29 is 4.79 Å². The zero-order chi connectivity index (χ0) is 13.2. The van der Waals surface area contributed by atoms with Gasteiger partial charge in [0.15, 0.2) is 0 Å². The lowest BCUT2D eigenvalue weighted by molar-refractivity contribution is 0.0780. The van der Waals surface area contributed by atoms with Gasteiger partial charge in [0.1, 0.15) is 0 Å². The van der Waals surface area contributed by atoms with Gasteiger partial charge in [0.2, 0.25) is 0 Å². The van der Waals surface area contributed by atoms with Crippen LogP contribution in [0.1, 0.15) is 21.5 Å². The molecule has 1 aliphatic heterocycles. The first-order valence-corrected chi connectivity index (χ1v) is 6.45. The zero-order valence-electron chi connectivity index (χ0n) is 10.7. The van der Waals surface area contributed by atoms with Crippen LogP contribution in [0, 0.1) is 0 Å². The van der Waals surface area contributed by atoms with Crippen molar-refractivity contribution in [2.75, 3.05) is 12.3 Å². The predicted octanol–water partition coefficient (Wildman–Crippen LogP) is 2.47. The van der Waals surface area contributed by atoms with Crippen LogP contribution >= 0.6 is 0 Å². The van der Waals surface area contributed by atoms with Crippen molar-refractivity contribution in [2.45, 2.75) is 13.0 Å². The third-order valence-electron chi connectivity index (χ3n) is 3.53. The smallest absolute Gasteiger partial charge is 0.254 e. The number of anilines is 1. The van der Waals surface area contributed by atoms with Crippen LogP contribution in [0.5, 0.6) is 0 Å². The van der Waals surface area contributed by atoms with Gasteiger partial charge in [-0.3, -0.25) is 4.79 Å². The Labute approximate surface area is 112 Å². The topological polar surface area (TPSA) is 46.3 Å². The van der Waals surface area contributed by atoms with Crippen LogP contribution in [0.3, 0.4) is 0 Å². The fourth-order valence-electron chi connectivity index (χ4n) is 2.47. The minimum atomic E-state index is 0.0956. The minimum absolute atomic E-state index is 0.0956. The van der Waals surface area contributed by atoms with E-state index in [-0.39, 0.29) is 5.91 Å². The summed E-state index contributed by atoms with van der Waals surface area (Å²) in [5, 5.41) is 0. The van der Waals surface area contributed by atoms with E-state index in [1.807, 2.05) is 35.2 Å². The number of fused-ring (bicyclic) bond motifs is 1. The molecule has 1 amide bonds. The van der Waals surface area contributed by atoms with E-state index in [2.05, 4.69) is 12.1 Å². The van der Waals surface area contributed by atoms with Gasteiger partial charge in [0.05, 0.1) is 0 Å². The average Bonchev–Trinajstić information content (AvgIpc) is 2.74. The highest BCUT2D eigenvalue weighted by atomic mass is 16.2.